The molecule has 4 aromatic rings. The highest BCUT2D eigenvalue weighted by atomic mass is 35.5. The Labute approximate surface area is 196 Å². The lowest BCUT2D eigenvalue weighted by atomic mass is 10.0. The number of halogens is 3. The van der Waals surface area contributed by atoms with Gasteiger partial charge < -0.3 is 19.4 Å². The number of aromatic nitrogens is 3. The smallest absolute Gasteiger partial charge is 0.420 e. The van der Waals surface area contributed by atoms with Crippen LogP contribution in [0.1, 0.15) is 29.1 Å². The number of anilines is 1. The molecule has 2 aromatic heterocycles. The van der Waals surface area contributed by atoms with Crippen LogP contribution in [0, 0.1) is 0 Å². The van der Waals surface area contributed by atoms with Crippen LogP contribution >= 0.6 is 23.1 Å². The molecule has 0 fully saturated rings. The first-order valence-electron chi connectivity index (χ1n) is 9.98. The molecule has 0 saturated carbocycles. The third-order valence-electron chi connectivity index (χ3n) is 5.24. The number of amides is 1. The second-order valence-corrected chi connectivity index (χ2v) is 8.69. The lowest BCUT2D eigenvalue weighted by molar-refractivity contribution is -0.0964. The van der Waals surface area contributed by atoms with Gasteiger partial charge in [0.25, 0.3) is 5.91 Å². The SMILES string of the molecule is C[C@@H]1COCc2nc3cc(C(=O)Nc4ccc(OC(F)(F)Cl)cc4)cc(-c4cnsc4)c3n21. The van der Waals surface area contributed by atoms with Crippen LogP contribution in [0.5, 0.6) is 5.75 Å². The summed E-state index contributed by atoms with van der Waals surface area (Å²) >= 11 is 6.11. The molecule has 5 rings (SSSR count). The Hall–Kier alpha value is -3.08. The van der Waals surface area contributed by atoms with Gasteiger partial charge in [0.1, 0.15) is 18.2 Å². The summed E-state index contributed by atoms with van der Waals surface area (Å²) in [6, 6.07) is 9.13. The van der Waals surface area contributed by atoms with Gasteiger partial charge in [-0.2, -0.15) is 0 Å². The molecule has 1 N–H and O–H groups in total. The summed E-state index contributed by atoms with van der Waals surface area (Å²) in [5.41, 5.74) is 0.372. The Morgan fingerprint density at radius 2 is 2.12 bits per heavy atom. The number of fused-ring (bicyclic) bond motifs is 3. The predicted octanol–water partition coefficient (Wildman–Crippen LogP) is 5.67. The zero-order valence-electron chi connectivity index (χ0n) is 17.2. The highest BCUT2D eigenvalue weighted by Gasteiger charge is 2.28. The Morgan fingerprint density at radius 1 is 1.33 bits per heavy atom. The van der Waals surface area contributed by atoms with Crippen molar-refractivity contribution in [3.63, 3.8) is 0 Å². The third kappa shape index (κ3) is 4.41. The Bertz CT molecular complexity index is 1320. The van der Waals surface area contributed by atoms with Crippen molar-refractivity contribution in [1.29, 1.82) is 0 Å². The van der Waals surface area contributed by atoms with Gasteiger partial charge >= 0.3 is 5.57 Å². The number of nitrogens with one attached hydrogen (secondary N) is 1. The maximum Gasteiger partial charge on any atom is 0.487 e. The van der Waals surface area contributed by atoms with Gasteiger partial charge in [0, 0.05) is 45.6 Å². The van der Waals surface area contributed by atoms with Crippen molar-refractivity contribution in [2.75, 3.05) is 11.9 Å². The van der Waals surface area contributed by atoms with Gasteiger partial charge in [-0.05, 0) is 54.9 Å². The highest BCUT2D eigenvalue weighted by Crippen LogP contribution is 2.35. The van der Waals surface area contributed by atoms with Crippen LogP contribution in [0.3, 0.4) is 0 Å². The lowest BCUT2D eigenvalue weighted by Crippen LogP contribution is -2.21. The van der Waals surface area contributed by atoms with Crippen molar-refractivity contribution in [2.45, 2.75) is 25.1 Å². The van der Waals surface area contributed by atoms with Gasteiger partial charge in [-0.3, -0.25) is 4.79 Å². The third-order valence-corrected chi connectivity index (χ3v) is 5.90. The molecule has 33 heavy (non-hydrogen) atoms. The maximum atomic E-state index is 13.0. The Kier molecular flexibility index (Phi) is 5.51. The molecular weight excluding hydrogens is 474 g/mol. The fraction of sp³-hybridized carbons (Fsp3) is 0.227. The molecule has 1 amide bonds. The first-order chi connectivity index (χ1) is 15.8. The van der Waals surface area contributed by atoms with Gasteiger partial charge in [-0.25, -0.2) is 9.36 Å². The molecule has 1 atom stereocenters. The van der Waals surface area contributed by atoms with E-state index in [1.807, 2.05) is 11.4 Å². The number of carbonyl (C=O) groups excluding carboxylic acids is 1. The molecule has 0 unspecified atom stereocenters. The second-order valence-electron chi connectivity index (χ2n) is 7.59. The van der Waals surface area contributed by atoms with E-state index in [4.69, 9.17) is 21.3 Å². The van der Waals surface area contributed by atoms with E-state index >= 15 is 0 Å². The van der Waals surface area contributed by atoms with E-state index < -0.39 is 5.57 Å². The summed E-state index contributed by atoms with van der Waals surface area (Å²) in [5.74, 6) is 0.312. The average Bonchev–Trinajstić information content (AvgIpc) is 3.41. The normalized spacial score (nSPS) is 15.9. The van der Waals surface area contributed by atoms with E-state index in [0.29, 0.717) is 30.0 Å². The fourth-order valence-electron chi connectivity index (χ4n) is 3.88. The van der Waals surface area contributed by atoms with Crippen LogP contribution in [0.2, 0.25) is 0 Å². The number of hydrogen-bond acceptors (Lipinski definition) is 6. The molecular formula is C22H17ClF2N4O3S. The number of ether oxygens (including phenoxy) is 2. The summed E-state index contributed by atoms with van der Waals surface area (Å²) in [6.45, 7) is 3.04. The maximum absolute atomic E-state index is 13.0. The summed E-state index contributed by atoms with van der Waals surface area (Å²) in [7, 11) is 0. The molecule has 170 valence electrons. The summed E-state index contributed by atoms with van der Waals surface area (Å²) in [5, 5.41) is 4.69. The molecule has 0 aliphatic carbocycles. The van der Waals surface area contributed by atoms with E-state index in [2.05, 4.69) is 25.9 Å². The van der Waals surface area contributed by atoms with Crippen LogP contribution in [0.25, 0.3) is 22.2 Å². The summed E-state index contributed by atoms with van der Waals surface area (Å²) in [4.78, 5) is 17.8. The number of alkyl halides is 3. The van der Waals surface area contributed by atoms with Crippen LogP contribution in [0.4, 0.5) is 14.5 Å². The summed E-state index contributed by atoms with van der Waals surface area (Å²) < 4.78 is 41.9. The van der Waals surface area contributed by atoms with Crippen molar-refractivity contribution in [3.8, 4) is 16.9 Å². The van der Waals surface area contributed by atoms with E-state index in [9.17, 15) is 13.6 Å². The molecule has 1 aliphatic rings. The largest absolute Gasteiger partial charge is 0.487 e. The van der Waals surface area contributed by atoms with Crippen LogP contribution in [0.15, 0.2) is 48.0 Å². The minimum Gasteiger partial charge on any atom is -0.420 e. The second kappa shape index (κ2) is 8.36. The minimum atomic E-state index is -3.81. The first kappa shape index (κ1) is 21.7. The zero-order valence-corrected chi connectivity index (χ0v) is 18.8. The van der Waals surface area contributed by atoms with Gasteiger partial charge in [-0.15, -0.1) is 8.78 Å². The monoisotopic (exact) mass is 490 g/mol. The fourth-order valence-corrected chi connectivity index (χ4v) is 4.51. The highest BCUT2D eigenvalue weighted by molar-refractivity contribution is 7.03. The van der Waals surface area contributed by atoms with Gasteiger partial charge in [0.05, 0.1) is 23.7 Å². The van der Waals surface area contributed by atoms with Crippen molar-refractivity contribution in [2.24, 2.45) is 0 Å². The van der Waals surface area contributed by atoms with Gasteiger partial charge in [0.2, 0.25) is 0 Å². The number of rotatable bonds is 5. The Morgan fingerprint density at radius 3 is 2.82 bits per heavy atom. The number of hydrogen-bond donors (Lipinski definition) is 1. The molecule has 2 aromatic carbocycles. The van der Waals surface area contributed by atoms with Crippen molar-refractivity contribution >= 4 is 45.8 Å². The van der Waals surface area contributed by atoms with Crippen LogP contribution in [-0.4, -0.2) is 32.0 Å². The average molecular weight is 491 g/mol. The molecule has 0 bridgehead atoms. The Balaban J connectivity index is 1.50. The number of carbonyl (C=O) groups is 1. The first-order valence-corrected chi connectivity index (χ1v) is 11.2. The molecule has 0 spiro atoms. The van der Waals surface area contributed by atoms with Crippen molar-refractivity contribution in [3.05, 3.63) is 59.4 Å². The molecule has 7 nitrogen and oxygen atoms in total. The number of nitrogens with zero attached hydrogens (tertiary/aromatic N) is 3. The number of imidazole rings is 1. The predicted molar refractivity (Wildman–Crippen MR) is 121 cm³/mol. The van der Waals surface area contributed by atoms with E-state index in [-0.39, 0.29) is 17.7 Å². The van der Waals surface area contributed by atoms with Crippen molar-refractivity contribution in [1.82, 2.24) is 13.9 Å². The van der Waals surface area contributed by atoms with E-state index in [0.717, 1.165) is 22.5 Å². The number of benzene rings is 2. The lowest BCUT2D eigenvalue weighted by Gasteiger charge is -2.23. The minimum absolute atomic E-state index is 0.102. The van der Waals surface area contributed by atoms with Gasteiger partial charge in [0.15, 0.2) is 0 Å². The standard InChI is InChI=1S/C22H17ClF2N4O3S/c1-12-9-31-10-19-28-18-7-13(6-17(20(18)29(12)19)14-8-26-33-11-14)21(30)27-15-2-4-16(5-3-15)32-22(23,24)25/h2-8,11-12H,9-10H2,1H3,(H,27,30)/t12-/m1/s1. The molecule has 0 saturated heterocycles. The quantitative estimate of drug-likeness (QED) is 0.365. The van der Waals surface area contributed by atoms with E-state index in [1.54, 1.807) is 12.3 Å². The van der Waals surface area contributed by atoms with Crippen molar-refractivity contribution < 1.29 is 23.0 Å². The van der Waals surface area contributed by atoms with Gasteiger partial charge in [-0.1, -0.05) is 0 Å². The molecule has 1 aliphatic heterocycles. The van der Waals surface area contributed by atoms with Crippen LogP contribution < -0.4 is 10.1 Å². The van der Waals surface area contributed by atoms with E-state index in [1.165, 1.54) is 35.8 Å². The van der Waals surface area contributed by atoms with Crippen LogP contribution in [-0.2, 0) is 11.3 Å². The molecule has 0 radical (unpaired) electrons. The zero-order chi connectivity index (χ0) is 23.2. The molecule has 11 heteroatoms. The topological polar surface area (TPSA) is 78.3 Å². The molecule has 3 heterocycles. The summed E-state index contributed by atoms with van der Waals surface area (Å²) in [6.07, 6.45) is 1.76.